The number of carbonyl (C=O) groups excluding carboxylic acids is 2. The summed E-state index contributed by atoms with van der Waals surface area (Å²) >= 11 is 3.41. The average Bonchev–Trinajstić information content (AvgIpc) is 3.49. The Balaban J connectivity index is 1.23. The molecule has 2 aliphatic rings. The molecule has 1 N–H and O–H groups in total. The zero-order valence-electron chi connectivity index (χ0n) is 17.9. The highest BCUT2D eigenvalue weighted by Crippen LogP contribution is 2.36. The fraction of sp³-hybridized carbons (Fsp3) is 0.348. The van der Waals surface area contributed by atoms with E-state index in [1.54, 1.807) is 21.9 Å². The highest BCUT2D eigenvalue weighted by Gasteiger charge is 2.35. The van der Waals surface area contributed by atoms with Crippen LogP contribution in [0.15, 0.2) is 58.1 Å². The summed E-state index contributed by atoms with van der Waals surface area (Å²) in [7, 11) is 0. The maximum Gasteiger partial charge on any atom is 0.346 e. The van der Waals surface area contributed by atoms with Gasteiger partial charge in [0.25, 0.3) is 0 Å². The van der Waals surface area contributed by atoms with Gasteiger partial charge >= 0.3 is 5.69 Å². The number of hydrogen-bond donors (Lipinski definition) is 1. The zero-order chi connectivity index (χ0) is 22.9. The third-order valence-electron chi connectivity index (χ3n) is 5.94. The van der Waals surface area contributed by atoms with E-state index >= 15 is 0 Å². The zero-order valence-corrected chi connectivity index (χ0v) is 19.4. The molecule has 10 heteroatoms. The smallest absolute Gasteiger partial charge is 0.346 e. The number of nitrogens with one attached hydrogen (secondary N) is 1. The predicted octanol–water partition coefficient (Wildman–Crippen LogP) is 2.37. The normalized spacial score (nSPS) is 18.0. The molecule has 1 saturated heterocycles. The summed E-state index contributed by atoms with van der Waals surface area (Å²) in [6.45, 7) is 0.852. The Morgan fingerprint density at radius 3 is 2.76 bits per heavy atom. The molecule has 1 saturated carbocycles. The summed E-state index contributed by atoms with van der Waals surface area (Å²) in [6.07, 6.45) is 5.46. The van der Waals surface area contributed by atoms with Crippen molar-refractivity contribution in [2.24, 2.45) is 5.92 Å². The van der Waals surface area contributed by atoms with Crippen molar-refractivity contribution in [3.05, 3.63) is 63.7 Å². The Kier molecular flexibility index (Phi) is 5.84. The lowest BCUT2D eigenvalue weighted by molar-refractivity contribution is -0.126. The van der Waals surface area contributed by atoms with Crippen molar-refractivity contribution >= 4 is 33.4 Å². The summed E-state index contributed by atoms with van der Waals surface area (Å²) in [6, 6.07) is 11.3. The van der Waals surface area contributed by atoms with E-state index < -0.39 is 5.92 Å². The van der Waals surface area contributed by atoms with Gasteiger partial charge in [0.1, 0.15) is 0 Å². The summed E-state index contributed by atoms with van der Waals surface area (Å²) in [5, 5.41) is 7.39. The number of hydrogen-bond acceptors (Lipinski definition) is 5. The summed E-state index contributed by atoms with van der Waals surface area (Å²) in [4.78, 5) is 43.8. The number of rotatable bonds is 7. The van der Waals surface area contributed by atoms with Gasteiger partial charge in [-0.15, -0.1) is 5.10 Å². The highest BCUT2D eigenvalue weighted by atomic mass is 79.9. The Hall–Kier alpha value is -3.27. The molecule has 0 spiro atoms. The van der Waals surface area contributed by atoms with Crippen molar-refractivity contribution in [2.45, 2.75) is 31.8 Å². The second-order valence-electron chi connectivity index (χ2n) is 8.35. The number of benzene rings is 1. The lowest BCUT2D eigenvalue weighted by Gasteiger charge is -2.17. The van der Waals surface area contributed by atoms with Gasteiger partial charge in [0, 0.05) is 53.7 Å². The lowest BCUT2D eigenvalue weighted by atomic mass is 10.1. The molecule has 0 bridgehead atoms. The number of pyridine rings is 1. The molecule has 33 heavy (non-hydrogen) atoms. The molecule has 1 aliphatic heterocycles. The number of aromatic nitrogens is 4. The summed E-state index contributed by atoms with van der Waals surface area (Å²) in [5.41, 5.74) is 1.38. The maximum absolute atomic E-state index is 12.9. The molecule has 170 valence electrons. The van der Waals surface area contributed by atoms with Crippen LogP contribution >= 0.6 is 15.9 Å². The van der Waals surface area contributed by atoms with Crippen LogP contribution in [0.4, 0.5) is 5.69 Å². The lowest BCUT2D eigenvalue weighted by Crippen LogP contribution is -2.36. The molecular formula is C23H23BrN6O3. The topological polar surface area (TPSA) is 102 Å². The molecule has 1 aliphatic carbocycles. The fourth-order valence-corrected chi connectivity index (χ4v) is 4.51. The predicted molar refractivity (Wildman–Crippen MR) is 126 cm³/mol. The minimum atomic E-state index is -0.428. The Morgan fingerprint density at radius 1 is 1.18 bits per heavy atom. The Bertz CT molecular complexity index is 1250. The van der Waals surface area contributed by atoms with Crippen LogP contribution in [-0.2, 0) is 16.1 Å². The first kappa shape index (κ1) is 21.6. The van der Waals surface area contributed by atoms with Gasteiger partial charge in [0.05, 0.1) is 12.5 Å². The SMILES string of the molecule is O=C(NCCn1nc(-c2cccnc2)n(C2CC2)c1=O)C1CC(=O)N(c2cccc(Br)c2)C1. The third kappa shape index (κ3) is 4.47. The molecule has 2 amide bonds. The molecule has 2 aromatic heterocycles. The van der Waals surface area contributed by atoms with Crippen LogP contribution in [0, 0.1) is 5.92 Å². The van der Waals surface area contributed by atoms with Crippen molar-refractivity contribution in [1.29, 1.82) is 0 Å². The van der Waals surface area contributed by atoms with Crippen LogP contribution in [0.3, 0.4) is 0 Å². The maximum atomic E-state index is 12.9. The van der Waals surface area contributed by atoms with E-state index in [-0.39, 0.29) is 43.1 Å². The van der Waals surface area contributed by atoms with E-state index in [4.69, 9.17) is 0 Å². The van der Waals surface area contributed by atoms with Crippen molar-refractivity contribution in [2.75, 3.05) is 18.0 Å². The third-order valence-corrected chi connectivity index (χ3v) is 6.43. The first-order valence-electron chi connectivity index (χ1n) is 10.9. The first-order chi connectivity index (χ1) is 16.0. The minimum absolute atomic E-state index is 0.0752. The molecule has 2 fully saturated rings. The van der Waals surface area contributed by atoms with Crippen molar-refractivity contribution in [1.82, 2.24) is 24.6 Å². The number of amides is 2. The Morgan fingerprint density at radius 2 is 2.03 bits per heavy atom. The van der Waals surface area contributed by atoms with Crippen LogP contribution in [0.5, 0.6) is 0 Å². The number of halogens is 1. The molecule has 5 rings (SSSR count). The van der Waals surface area contributed by atoms with Gasteiger partial charge in [-0.1, -0.05) is 22.0 Å². The van der Waals surface area contributed by atoms with E-state index in [0.717, 1.165) is 28.6 Å². The standard InChI is InChI=1S/C23H23BrN6O3/c24-17-4-1-5-19(12-17)28-14-16(11-20(28)31)22(32)26-9-10-29-23(33)30(18-6-7-18)21(27-29)15-3-2-8-25-13-15/h1-5,8,12-13,16,18H,6-7,9-11,14H2,(H,26,32). The average molecular weight is 511 g/mol. The number of anilines is 1. The molecular weight excluding hydrogens is 488 g/mol. The van der Waals surface area contributed by atoms with Gasteiger partial charge in [0.2, 0.25) is 11.8 Å². The van der Waals surface area contributed by atoms with Crippen LogP contribution in [0.25, 0.3) is 11.4 Å². The molecule has 3 heterocycles. The summed E-state index contributed by atoms with van der Waals surface area (Å²) in [5.74, 6) is -0.0899. The van der Waals surface area contributed by atoms with Crippen molar-refractivity contribution < 1.29 is 9.59 Å². The highest BCUT2D eigenvalue weighted by molar-refractivity contribution is 9.10. The van der Waals surface area contributed by atoms with E-state index in [9.17, 15) is 14.4 Å². The summed E-state index contributed by atoms with van der Waals surface area (Å²) < 4.78 is 4.00. The molecule has 1 aromatic carbocycles. The quantitative estimate of drug-likeness (QED) is 0.525. The van der Waals surface area contributed by atoms with Crippen LogP contribution in [0.1, 0.15) is 25.3 Å². The fourth-order valence-electron chi connectivity index (χ4n) is 4.13. The number of nitrogens with zero attached hydrogens (tertiary/aromatic N) is 5. The monoisotopic (exact) mass is 510 g/mol. The van der Waals surface area contributed by atoms with Gasteiger partial charge < -0.3 is 10.2 Å². The van der Waals surface area contributed by atoms with Gasteiger partial charge in [0.15, 0.2) is 5.82 Å². The molecule has 3 aromatic rings. The van der Waals surface area contributed by atoms with Crippen molar-refractivity contribution in [3.8, 4) is 11.4 Å². The van der Waals surface area contributed by atoms with Gasteiger partial charge in [-0.2, -0.15) is 0 Å². The first-order valence-corrected chi connectivity index (χ1v) is 11.7. The van der Waals surface area contributed by atoms with E-state index in [2.05, 4.69) is 31.3 Å². The van der Waals surface area contributed by atoms with Crippen molar-refractivity contribution in [3.63, 3.8) is 0 Å². The largest absolute Gasteiger partial charge is 0.354 e. The van der Waals surface area contributed by atoms with E-state index in [0.29, 0.717) is 12.4 Å². The van der Waals surface area contributed by atoms with Crippen LogP contribution < -0.4 is 15.9 Å². The molecule has 9 nitrogen and oxygen atoms in total. The second kappa shape index (κ2) is 8.93. The van der Waals surface area contributed by atoms with Gasteiger partial charge in [-0.3, -0.25) is 19.1 Å². The minimum Gasteiger partial charge on any atom is -0.354 e. The van der Waals surface area contributed by atoms with Gasteiger partial charge in [-0.05, 0) is 43.2 Å². The second-order valence-corrected chi connectivity index (χ2v) is 9.26. The molecule has 1 atom stereocenters. The van der Waals surface area contributed by atoms with Crippen LogP contribution in [-0.4, -0.2) is 44.2 Å². The van der Waals surface area contributed by atoms with Crippen LogP contribution in [0.2, 0.25) is 0 Å². The van der Waals surface area contributed by atoms with E-state index in [1.807, 2.05) is 36.4 Å². The molecule has 1 unspecified atom stereocenters. The van der Waals surface area contributed by atoms with Gasteiger partial charge in [-0.25, -0.2) is 9.48 Å². The Labute approximate surface area is 198 Å². The van der Waals surface area contributed by atoms with E-state index in [1.165, 1.54) is 4.68 Å². The number of carbonyl (C=O) groups is 2. The molecule has 0 radical (unpaired) electrons.